The number of para-hydroxylation sites is 2. The molecule has 0 amide bonds. The fraction of sp³-hybridized carbons (Fsp3) is 0.188. The van der Waals surface area contributed by atoms with Crippen LogP contribution in [0, 0.1) is 0 Å². The van der Waals surface area contributed by atoms with Gasteiger partial charge in [-0.15, -0.1) is 0 Å². The number of rotatable bonds is 1. The summed E-state index contributed by atoms with van der Waals surface area (Å²) in [5, 5.41) is 0. The van der Waals surface area contributed by atoms with E-state index in [1.165, 1.54) is 5.69 Å². The number of hydrogen-bond donors (Lipinski definition) is 0. The average molecular weight is 250 g/mol. The van der Waals surface area contributed by atoms with E-state index in [0.29, 0.717) is 6.61 Å². The largest absolute Gasteiger partial charge is 0.497 e. The molecule has 0 saturated heterocycles. The minimum atomic E-state index is -0.286. The quantitative estimate of drug-likeness (QED) is 0.716. The summed E-state index contributed by atoms with van der Waals surface area (Å²) >= 11 is 0. The SMILES string of the molecule is C1=CC(C23C=CCN2c2ccccc2N=C3)=COC1. The summed E-state index contributed by atoms with van der Waals surface area (Å²) in [7, 11) is 0. The molecule has 1 aromatic carbocycles. The zero-order valence-electron chi connectivity index (χ0n) is 10.5. The molecule has 3 aliphatic heterocycles. The first-order valence-corrected chi connectivity index (χ1v) is 6.48. The monoisotopic (exact) mass is 250 g/mol. The fourth-order valence-electron chi connectivity index (χ4n) is 2.92. The molecule has 3 aliphatic rings. The molecule has 0 spiro atoms. The third-order valence-corrected chi connectivity index (χ3v) is 3.84. The maximum Gasteiger partial charge on any atom is 0.123 e. The van der Waals surface area contributed by atoms with Crippen molar-refractivity contribution in [3.8, 4) is 0 Å². The van der Waals surface area contributed by atoms with E-state index >= 15 is 0 Å². The molecule has 0 aliphatic carbocycles. The van der Waals surface area contributed by atoms with Crippen LogP contribution in [0.25, 0.3) is 0 Å². The van der Waals surface area contributed by atoms with Gasteiger partial charge in [-0.05, 0) is 18.2 Å². The smallest absolute Gasteiger partial charge is 0.123 e. The summed E-state index contributed by atoms with van der Waals surface area (Å²) in [6.45, 7) is 1.55. The Balaban J connectivity index is 1.87. The lowest BCUT2D eigenvalue weighted by Crippen LogP contribution is -2.48. The number of fused-ring (bicyclic) bond motifs is 3. The van der Waals surface area contributed by atoms with Crippen LogP contribution >= 0.6 is 0 Å². The first kappa shape index (κ1) is 10.6. The lowest BCUT2D eigenvalue weighted by molar-refractivity contribution is 0.280. The summed E-state index contributed by atoms with van der Waals surface area (Å²) < 4.78 is 5.46. The van der Waals surface area contributed by atoms with Crippen molar-refractivity contribution in [3.05, 3.63) is 60.4 Å². The topological polar surface area (TPSA) is 24.8 Å². The van der Waals surface area contributed by atoms with Crippen LogP contribution in [0.4, 0.5) is 11.4 Å². The predicted molar refractivity (Wildman–Crippen MR) is 77.0 cm³/mol. The Bertz CT molecular complexity index is 642. The number of benzene rings is 1. The maximum absolute atomic E-state index is 5.46. The number of anilines is 1. The first-order chi connectivity index (χ1) is 9.40. The van der Waals surface area contributed by atoms with E-state index in [0.717, 1.165) is 17.8 Å². The molecule has 19 heavy (non-hydrogen) atoms. The van der Waals surface area contributed by atoms with Crippen LogP contribution in [-0.2, 0) is 4.74 Å². The van der Waals surface area contributed by atoms with Gasteiger partial charge in [0.1, 0.15) is 12.1 Å². The van der Waals surface area contributed by atoms with Crippen LogP contribution < -0.4 is 4.90 Å². The van der Waals surface area contributed by atoms with E-state index in [4.69, 9.17) is 4.74 Å². The molecule has 0 fully saturated rings. The Labute approximate surface area is 112 Å². The number of aliphatic imine (C=N–C) groups is 1. The zero-order valence-corrected chi connectivity index (χ0v) is 10.5. The Morgan fingerprint density at radius 1 is 1.21 bits per heavy atom. The van der Waals surface area contributed by atoms with Crippen molar-refractivity contribution < 1.29 is 4.74 Å². The zero-order chi connectivity index (χ0) is 12.7. The highest BCUT2D eigenvalue weighted by Gasteiger charge is 2.42. The lowest BCUT2D eigenvalue weighted by atomic mass is 9.88. The Morgan fingerprint density at radius 3 is 3.05 bits per heavy atom. The van der Waals surface area contributed by atoms with Crippen LogP contribution in [0.2, 0.25) is 0 Å². The number of nitrogens with zero attached hydrogens (tertiary/aromatic N) is 2. The maximum atomic E-state index is 5.46. The van der Waals surface area contributed by atoms with E-state index in [1.54, 1.807) is 0 Å². The minimum Gasteiger partial charge on any atom is -0.497 e. The van der Waals surface area contributed by atoms with Crippen molar-refractivity contribution in [1.82, 2.24) is 0 Å². The van der Waals surface area contributed by atoms with Gasteiger partial charge in [-0.3, -0.25) is 4.99 Å². The van der Waals surface area contributed by atoms with E-state index in [-0.39, 0.29) is 5.54 Å². The molecule has 0 radical (unpaired) electrons. The molecule has 1 atom stereocenters. The highest BCUT2D eigenvalue weighted by Crippen LogP contribution is 2.43. The second-order valence-corrected chi connectivity index (χ2v) is 4.89. The van der Waals surface area contributed by atoms with Gasteiger partial charge in [-0.1, -0.05) is 30.4 Å². The van der Waals surface area contributed by atoms with Crippen molar-refractivity contribution in [2.24, 2.45) is 4.99 Å². The second kappa shape index (κ2) is 3.85. The standard InChI is InChI=1S/C16H14N2O/c1-2-7-15-14(6-1)17-12-16(8-4-9-18(15)16)13-5-3-10-19-11-13/h1-8,11-12H,9-10H2. The van der Waals surface area contributed by atoms with Gasteiger partial charge in [-0.2, -0.15) is 0 Å². The summed E-state index contributed by atoms with van der Waals surface area (Å²) in [6.07, 6.45) is 12.4. The normalized spacial score (nSPS) is 26.7. The Morgan fingerprint density at radius 2 is 2.16 bits per heavy atom. The summed E-state index contributed by atoms with van der Waals surface area (Å²) in [5.74, 6) is 0. The van der Waals surface area contributed by atoms with Crippen LogP contribution in [0.15, 0.2) is 65.4 Å². The number of ether oxygens (including phenoxy) is 1. The predicted octanol–water partition coefficient (Wildman–Crippen LogP) is 2.99. The molecular weight excluding hydrogens is 236 g/mol. The van der Waals surface area contributed by atoms with Crippen LogP contribution in [0.1, 0.15) is 0 Å². The van der Waals surface area contributed by atoms with Crippen LogP contribution in [0.3, 0.4) is 0 Å². The van der Waals surface area contributed by atoms with Gasteiger partial charge >= 0.3 is 0 Å². The second-order valence-electron chi connectivity index (χ2n) is 4.89. The lowest BCUT2D eigenvalue weighted by Gasteiger charge is -2.41. The molecule has 1 aromatic rings. The van der Waals surface area contributed by atoms with E-state index in [1.807, 2.05) is 24.6 Å². The highest BCUT2D eigenvalue weighted by molar-refractivity contribution is 5.95. The van der Waals surface area contributed by atoms with Gasteiger partial charge in [0.25, 0.3) is 0 Å². The van der Waals surface area contributed by atoms with Gasteiger partial charge in [0.05, 0.1) is 17.6 Å². The molecule has 1 unspecified atom stereocenters. The van der Waals surface area contributed by atoms with Crippen molar-refractivity contribution in [2.45, 2.75) is 5.54 Å². The third-order valence-electron chi connectivity index (χ3n) is 3.84. The van der Waals surface area contributed by atoms with E-state index < -0.39 is 0 Å². The van der Waals surface area contributed by atoms with Crippen LogP contribution in [-0.4, -0.2) is 24.9 Å². The third kappa shape index (κ3) is 1.41. The van der Waals surface area contributed by atoms with E-state index in [2.05, 4.69) is 46.3 Å². The Hall–Kier alpha value is -2.29. The molecule has 4 rings (SSSR count). The van der Waals surface area contributed by atoms with Crippen LogP contribution in [0.5, 0.6) is 0 Å². The summed E-state index contributed by atoms with van der Waals surface area (Å²) in [4.78, 5) is 7.00. The molecule has 0 saturated carbocycles. The van der Waals surface area contributed by atoms with Gasteiger partial charge in [0, 0.05) is 18.3 Å². The molecule has 3 heteroatoms. The average Bonchev–Trinajstić information content (AvgIpc) is 2.94. The van der Waals surface area contributed by atoms with Crippen molar-refractivity contribution in [2.75, 3.05) is 18.1 Å². The Kier molecular flexibility index (Phi) is 2.15. The van der Waals surface area contributed by atoms with Crippen molar-refractivity contribution in [1.29, 1.82) is 0 Å². The molecule has 3 heterocycles. The molecule has 3 nitrogen and oxygen atoms in total. The molecule has 0 aromatic heterocycles. The molecule has 0 N–H and O–H groups in total. The summed E-state index contributed by atoms with van der Waals surface area (Å²) in [6, 6.07) is 8.26. The van der Waals surface area contributed by atoms with Gasteiger partial charge < -0.3 is 9.64 Å². The van der Waals surface area contributed by atoms with Gasteiger partial charge in [0.2, 0.25) is 0 Å². The van der Waals surface area contributed by atoms with Crippen molar-refractivity contribution in [3.63, 3.8) is 0 Å². The minimum absolute atomic E-state index is 0.286. The first-order valence-electron chi connectivity index (χ1n) is 6.48. The van der Waals surface area contributed by atoms with Gasteiger partial charge in [-0.25, -0.2) is 0 Å². The molecule has 0 bridgehead atoms. The van der Waals surface area contributed by atoms with E-state index in [9.17, 15) is 0 Å². The molecule has 94 valence electrons. The highest BCUT2D eigenvalue weighted by atomic mass is 16.5. The van der Waals surface area contributed by atoms with Gasteiger partial charge in [0.15, 0.2) is 0 Å². The number of hydrogen-bond acceptors (Lipinski definition) is 3. The fourth-order valence-corrected chi connectivity index (χ4v) is 2.92. The molecular formula is C16H14N2O. The summed E-state index contributed by atoms with van der Waals surface area (Å²) in [5.41, 5.74) is 3.05. The van der Waals surface area contributed by atoms with Crippen molar-refractivity contribution >= 4 is 17.6 Å².